The van der Waals surface area contributed by atoms with Crippen LogP contribution in [0.2, 0.25) is 5.02 Å². The maximum absolute atomic E-state index is 13.0. The number of carbonyl (C=O) groups is 1. The summed E-state index contributed by atoms with van der Waals surface area (Å²) in [7, 11) is -4.28. The summed E-state index contributed by atoms with van der Waals surface area (Å²) in [4.78, 5) is 11.3. The molecule has 1 amide bonds. The number of benzene rings is 2. The van der Waals surface area contributed by atoms with Crippen molar-refractivity contribution in [2.24, 2.45) is 0 Å². The molecule has 0 radical (unpaired) electrons. The average molecular weight is 439 g/mol. The summed E-state index contributed by atoms with van der Waals surface area (Å²) in [6, 6.07) is 5.93. The van der Waals surface area contributed by atoms with Crippen LogP contribution < -0.4 is 10.0 Å². The van der Waals surface area contributed by atoms with Crippen molar-refractivity contribution in [3.63, 3.8) is 0 Å². The summed E-state index contributed by atoms with van der Waals surface area (Å²) >= 11 is 5.46. The lowest BCUT2D eigenvalue weighted by molar-refractivity contribution is -0.137. The molecule has 5 nitrogen and oxygen atoms in total. The first kappa shape index (κ1) is 22.1. The highest BCUT2D eigenvalue weighted by atomic mass is 35.5. The zero-order valence-corrected chi connectivity index (χ0v) is 16.0. The molecule has 28 heavy (non-hydrogen) atoms. The van der Waals surface area contributed by atoms with Gasteiger partial charge < -0.3 is 5.32 Å². The molecule has 2 rings (SSSR count). The van der Waals surface area contributed by atoms with Crippen molar-refractivity contribution in [2.75, 3.05) is 11.9 Å². The van der Waals surface area contributed by atoms with Gasteiger partial charge in [0.2, 0.25) is 15.9 Å². The minimum absolute atomic E-state index is 0.282. The number of aryl methyl sites for hydroxylation is 1. The number of rotatable bonds is 6. The second-order valence-corrected chi connectivity index (χ2v) is 7.97. The first-order valence-electron chi connectivity index (χ1n) is 7.82. The predicted octanol–water partition coefficient (Wildman–Crippen LogP) is 4.11. The fourth-order valence-corrected chi connectivity index (χ4v) is 3.53. The monoisotopic (exact) mass is 438 g/mol. The third-order valence-electron chi connectivity index (χ3n) is 3.66. The van der Waals surface area contributed by atoms with Crippen LogP contribution in [0.25, 0.3) is 0 Å². The van der Waals surface area contributed by atoms with Crippen molar-refractivity contribution in [1.82, 2.24) is 4.72 Å². The summed E-state index contributed by atoms with van der Waals surface area (Å²) in [6.07, 6.45) is -5.09. The van der Waals surface area contributed by atoms with Crippen molar-refractivity contribution in [3.8, 4) is 0 Å². The second kappa shape index (κ2) is 8.46. The van der Waals surface area contributed by atoms with Crippen LogP contribution in [0, 0.1) is 12.7 Å². The van der Waals surface area contributed by atoms with Crippen LogP contribution in [0.4, 0.5) is 23.2 Å². The maximum atomic E-state index is 13.0. The molecule has 0 aliphatic heterocycles. The van der Waals surface area contributed by atoms with Gasteiger partial charge in [0, 0.05) is 18.7 Å². The highest BCUT2D eigenvalue weighted by Gasteiger charge is 2.34. The van der Waals surface area contributed by atoms with Crippen LogP contribution in [-0.2, 0) is 21.0 Å². The Labute approximate surface area is 163 Å². The average Bonchev–Trinajstić information content (AvgIpc) is 2.56. The molecule has 0 fully saturated rings. The Morgan fingerprint density at radius 2 is 1.82 bits per heavy atom. The molecular formula is C17H15ClF4N2O3S. The molecular weight excluding hydrogens is 424 g/mol. The third-order valence-corrected chi connectivity index (χ3v) is 5.45. The van der Waals surface area contributed by atoms with Gasteiger partial charge in [-0.05, 0) is 48.9 Å². The van der Waals surface area contributed by atoms with Crippen LogP contribution in [-0.4, -0.2) is 20.9 Å². The Bertz CT molecular complexity index is 994. The number of hydrogen-bond donors (Lipinski definition) is 2. The van der Waals surface area contributed by atoms with E-state index in [-0.39, 0.29) is 13.0 Å². The highest BCUT2D eigenvalue weighted by Crippen LogP contribution is 2.35. The van der Waals surface area contributed by atoms with Gasteiger partial charge in [0.15, 0.2) is 0 Å². The first-order chi connectivity index (χ1) is 12.9. The zero-order valence-electron chi connectivity index (χ0n) is 14.4. The van der Waals surface area contributed by atoms with Gasteiger partial charge in [-0.15, -0.1) is 0 Å². The molecule has 0 saturated carbocycles. The Balaban J connectivity index is 2.01. The van der Waals surface area contributed by atoms with Gasteiger partial charge in [-0.1, -0.05) is 11.6 Å². The lowest BCUT2D eigenvalue weighted by atomic mass is 10.2. The van der Waals surface area contributed by atoms with Crippen LogP contribution in [0.1, 0.15) is 17.5 Å². The molecule has 0 bridgehead atoms. The molecule has 11 heteroatoms. The SMILES string of the molecule is Cc1cc(F)ccc1NC(=O)CCNS(=O)(=O)c1ccc(Cl)c(C(F)(F)F)c1. The van der Waals surface area contributed by atoms with Gasteiger partial charge in [-0.25, -0.2) is 17.5 Å². The smallest absolute Gasteiger partial charge is 0.326 e. The van der Waals surface area contributed by atoms with E-state index in [0.717, 1.165) is 18.2 Å². The van der Waals surface area contributed by atoms with E-state index >= 15 is 0 Å². The number of alkyl halides is 3. The van der Waals surface area contributed by atoms with Gasteiger partial charge in [-0.3, -0.25) is 4.79 Å². The molecule has 0 aromatic heterocycles. The molecule has 0 unspecified atom stereocenters. The van der Waals surface area contributed by atoms with Gasteiger partial charge in [0.05, 0.1) is 15.5 Å². The summed E-state index contributed by atoms with van der Waals surface area (Å²) in [5, 5.41) is 1.87. The van der Waals surface area contributed by atoms with E-state index in [2.05, 4.69) is 10.0 Å². The highest BCUT2D eigenvalue weighted by molar-refractivity contribution is 7.89. The number of anilines is 1. The number of amides is 1. The minimum atomic E-state index is -4.81. The van der Waals surface area contributed by atoms with Crippen LogP contribution >= 0.6 is 11.6 Å². The number of hydrogen-bond acceptors (Lipinski definition) is 3. The van der Waals surface area contributed by atoms with Crippen LogP contribution in [0.3, 0.4) is 0 Å². The van der Waals surface area contributed by atoms with Gasteiger partial charge in [0.1, 0.15) is 5.82 Å². The number of carbonyl (C=O) groups excluding carboxylic acids is 1. The van der Waals surface area contributed by atoms with Gasteiger partial charge >= 0.3 is 6.18 Å². The summed E-state index contributed by atoms with van der Waals surface area (Å²) < 4.78 is 78.0. The molecule has 2 aromatic carbocycles. The number of sulfonamides is 1. The minimum Gasteiger partial charge on any atom is -0.326 e. The van der Waals surface area contributed by atoms with Crippen molar-refractivity contribution in [2.45, 2.75) is 24.4 Å². The molecule has 2 aromatic rings. The normalized spacial score (nSPS) is 12.1. The molecule has 2 N–H and O–H groups in total. The number of halogens is 5. The fraction of sp³-hybridized carbons (Fsp3) is 0.235. The molecule has 0 spiro atoms. The van der Waals surface area contributed by atoms with E-state index < -0.39 is 43.4 Å². The molecule has 0 aliphatic carbocycles. The quantitative estimate of drug-likeness (QED) is 0.666. The lowest BCUT2D eigenvalue weighted by Gasteiger charge is -2.12. The maximum Gasteiger partial charge on any atom is 0.417 e. The van der Waals surface area contributed by atoms with Crippen molar-refractivity contribution in [3.05, 3.63) is 58.4 Å². The van der Waals surface area contributed by atoms with Gasteiger partial charge in [-0.2, -0.15) is 13.2 Å². The van der Waals surface area contributed by atoms with Crippen LogP contribution in [0.15, 0.2) is 41.3 Å². The zero-order chi connectivity index (χ0) is 21.1. The lowest BCUT2D eigenvalue weighted by Crippen LogP contribution is -2.28. The Morgan fingerprint density at radius 1 is 1.14 bits per heavy atom. The molecule has 152 valence electrons. The van der Waals surface area contributed by atoms with E-state index in [9.17, 15) is 30.8 Å². The molecule has 0 heterocycles. The topological polar surface area (TPSA) is 75.3 Å². The third kappa shape index (κ3) is 5.66. The van der Waals surface area contributed by atoms with E-state index in [4.69, 9.17) is 11.6 Å². The Morgan fingerprint density at radius 3 is 2.43 bits per heavy atom. The number of nitrogens with one attached hydrogen (secondary N) is 2. The second-order valence-electron chi connectivity index (χ2n) is 5.79. The summed E-state index contributed by atoms with van der Waals surface area (Å²) in [5.41, 5.74) is -0.432. The summed E-state index contributed by atoms with van der Waals surface area (Å²) in [5.74, 6) is -1.02. The van der Waals surface area contributed by atoms with E-state index in [1.54, 1.807) is 6.92 Å². The largest absolute Gasteiger partial charge is 0.417 e. The van der Waals surface area contributed by atoms with Gasteiger partial charge in [0.25, 0.3) is 0 Å². The Hall–Kier alpha value is -2.17. The van der Waals surface area contributed by atoms with E-state index in [1.807, 2.05) is 0 Å². The van der Waals surface area contributed by atoms with Crippen molar-refractivity contribution >= 4 is 33.2 Å². The Kier molecular flexibility index (Phi) is 6.68. The molecule has 0 atom stereocenters. The van der Waals surface area contributed by atoms with Crippen molar-refractivity contribution in [1.29, 1.82) is 0 Å². The van der Waals surface area contributed by atoms with Crippen LogP contribution in [0.5, 0.6) is 0 Å². The van der Waals surface area contributed by atoms with E-state index in [1.165, 1.54) is 12.1 Å². The predicted molar refractivity (Wildman–Crippen MR) is 96.0 cm³/mol. The fourth-order valence-electron chi connectivity index (χ4n) is 2.25. The van der Waals surface area contributed by atoms with Crippen molar-refractivity contribution < 1.29 is 30.8 Å². The molecule has 0 saturated heterocycles. The standard InChI is InChI=1S/C17H15ClF4N2O3S/c1-10-8-11(19)2-5-15(10)24-16(25)6-7-23-28(26,27)12-3-4-14(18)13(9-12)17(20,21)22/h2-5,8-9,23H,6-7H2,1H3,(H,24,25). The first-order valence-corrected chi connectivity index (χ1v) is 9.68. The summed E-state index contributed by atoms with van der Waals surface area (Å²) in [6.45, 7) is 1.23. The van der Waals surface area contributed by atoms with E-state index in [0.29, 0.717) is 17.3 Å². The molecule has 0 aliphatic rings.